The van der Waals surface area contributed by atoms with Gasteiger partial charge >= 0.3 is 5.69 Å². The van der Waals surface area contributed by atoms with Gasteiger partial charge in [-0.15, -0.1) is 0 Å². The molecule has 1 atom stereocenters. The Hall–Kier alpha value is -1.14. The molecule has 0 radical (unpaired) electrons. The smallest absolute Gasteiger partial charge is 0.345 e. The Labute approximate surface area is 75.8 Å². The zero-order chi connectivity index (χ0) is 9.84. The van der Waals surface area contributed by atoms with E-state index in [0.717, 1.165) is 0 Å². The lowest BCUT2D eigenvalue weighted by Gasteiger charge is -2.07. The van der Waals surface area contributed by atoms with Gasteiger partial charge in [-0.3, -0.25) is 4.57 Å². The number of hydrogen-bond donors (Lipinski definition) is 2. The molecule has 1 aromatic rings. The number of nitrogens with zero attached hydrogens (tertiary/aromatic N) is 3. The number of aromatic nitrogens is 3. The van der Waals surface area contributed by atoms with Gasteiger partial charge in [0, 0.05) is 13.6 Å². The predicted molar refractivity (Wildman–Crippen MR) is 47.4 cm³/mol. The van der Waals surface area contributed by atoms with E-state index in [9.17, 15) is 9.90 Å². The molecule has 1 rings (SSSR count). The second-order valence-corrected chi connectivity index (χ2v) is 2.92. The third-order valence-corrected chi connectivity index (χ3v) is 1.71. The molecule has 74 valence electrons. The summed E-state index contributed by atoms with van der Waals surface area (Å²) in [4.78, 5) is 11.2. The Morgan fingerprint density at radius 1 is 1.77 bits per heavy atom. The molecule has 0 aliphatic rings. The summed E-state index contributed by atoms with van der Waals surface area (Å²) in [5, 5.41) is 16.0. The molecule has 0 aliphatic heterocycles. The van der Waals surface area contributed by atoms with Crippen LogP contribution in [0.5, 0.6) is 0 Å². The van der Waals surface area contributed by atoms with Crippen molar-refractivity contribution in [3.05, 3.63) is 16.8 Å². The van der Waals surface area contributed by atoms with Gasteiger partial charge < -0.3 is 10.4 Å². The van der Waals surface area contributed by atoms with Crippen LogP contribution in [0.3, 0.4) is 0 Å². The van der Waals surface area contributed by atoms with Crippen LogP contribution in [-0.2, 0) is 13.6 Å². The van der Waals surface area contributed by atoms with E-state index in [4.69, 9.17) is 0 Å². The van der Waals surface area contributed by atoms with Crippen molar-refractivity contribution in [2.75, 3.05) is 13.6 Å². The fourth-order valence-corrected chi connectivity index (χ4v) is 1.05. The first-order valence-corrected chi connectivity index (χ1v) is 4.06. The highest BCUT2D eigenvalue weighted by Crippen LogP contribution is 1.84. The molecule has 6 heteroatoms. The van der Waals surface area contributed by atoms with E-state index < -0.39 is 6.10 Å². The highest BCUT2D eigenvalue weighted by atomic mass is 16.3. The molecule has 1 aromatic heterocycles. The number of hydrogen-bond acceptors (Lipinski definition) is 4. The number of aliphatic hydroxyl groups excluding tert-OH is 1. The van der Waals surface area contributed by atoms with Crippen LogP contribution >= 0.6 is 0 Å². The van der Waals surface area contributed by atoms with Gasteiger partial charge in [-0.25, -0.2) is 9.48 Å². The molecule has 0 aromatic carbocycles. The summed E-state index contributed by atoms with van der Waals surface area (Å²) in [5.41, 5.74) is -0.213. The third-order valence-electron chi connectivity index (χ3n) is 1.71. The van der Waals surface area contributed by atoms with Gasteiger partial charge in [0.2, 0.25) is 0 Å². The quantitative estimate of drug-likeness (QED) is 0.579. The fourth-order valence-electron chi connectivity index (χ4n) is 1.05. The van der Waals surface area contributed by atoms with E-state index in [-0.39, 0.29) is 12.2 Å². The molecular weight excluding hydrogens is 172 g/mol. The Morgan fingerprint density at radius 3 is 2.92 bits per heavy atom. The molecule has 1 unspecified atom stereocenters. The third kappa shape index (κ3) is 2.40. The van der Waals surface area contributed by atoms with Crippen LogP contribution in [0.25, 0.3) is 0 Å². The monoisotopic (exact) mass is 186 g/mol. The molecule has 6 nitrogen and oxygen atoms in total. The van der Waals surface area contributed by atoms with Crippen molar-refractivity contribution in [3.63, 3.8) is 0 Å². The molecule has 1 heterocycles. The van der Waals surface area contributed by atoms with Crippen molar-refractivity contribution < 1.29 is 5.11 Å². The normalized spacial score (nSPS) is 13.2. The predicted octanol–water partition coefficient (Wildman–Crippen LogP) is -1.84. The summed E-state index contributed by atoms with van der Waals surface area (Å²) in [6.45, 7) is 0.670. The van der Waals surface area contributed by atoms with Crippen LogP contribution in [0.4, 0.5) is 0 Å². The van der Waals surface area contributed by atoms with Gasteiger partial charge in [0.05, 0.1) is 12.6 Å². The summed E-state index contributed by atoms with van der Waals surface area (Å²) in [6, 6.07) is 0. The van der Waals surface area contributed by atoms with E-state index in [1.54, 1.807) is 14.1 Å². The minimum Gasteiger partial charge on any atom is -0.390 e. The Bertz CT molecular complexity index is 317. The number of rotatable bonds is 4. The van der Waals surface area contributed by atoms with Gasteiger partial charge in [-0.1, -0.05) is 0 Å². The van der Waals surface area contributed by atoms with Crippen LogP contribution in [0.1, 0.15) is 0 Å². The number of likely N-dealkylation sites (N-methyl/N-ethyl adjacent to an activating group) is 1. The van der Waals surface area contributed by atoms with Crippen LogP contribution in [-0.4, -0.2) is 39.2 Å². The first-order chi connectivity index (χ1) is 6.15. The largest absolute Gasteiger partial charge is 0.390 e. The molecule has 0 amide bonds. The van der Waals surface area contributed by atoms with E-state index in [1.807, 2.05) is 0 Å². The molecular formula is C7H14N4O2. The number of aliphatic hydroxyl groups is 1. The molecule has 0 bridgehead atoms. The molecule has 0 fully saturated rings. The van der Waals surface area contributed by atoms with Crippen molar-refractivity contribution in [2.45, 2.75) is 12.6 Å². The first kappa shape index (κ1) is 9.94. The van der Waals surface area contributed by atoms with Crippen molar-refractivity contribution in [3.8, 4) is 0 Å². The topological polar surface area (TPSA) is 72.1 Å². The fraction of sp³-hybridized carbons (Fsp3) is 0.714. The first-order valence-electron chi connectivity index (χ1n) is 4.06. The SMILES string of the molecule is CNCC(O)Cn1ncn(C)c1=O. The summed E-state index contributed by atoms with van der Waals surface area (Å²) >= 11 is 0. The van der Waals surface area contributed by atoms with Gasteiger partial charge in [-0.05, 0) is 7.05 Å². The lowest BCUT2D eigenvalue weighted by atomic mass is 10.3. The highest BCUT2D eigenvalue weighted by molar-refractivity contribution is 4.68. The van der Waals surface area contributed by atoms with Crippen LogP contribution in [0.15, 0.2) is 11.1 Å². The number of nitrogens with one attached hydrogen (secondary N) is 1. The number of aryl methyl sites for hydroxylation is 1. The summed E-state index contributed by atoms with van der Waals surface area (Å²) in [7, 11) is 3.36. The second kappa shape index (κ2) is 4.20. The average molecular weight is 186 g/mol. The summed E-state index contributed by atoms with van der Waals surface area (Å²) in [6.07, 6.45) is 0.839. The second-order valence-electron chi connectivity index (χ2n) is 2.92. The van der Waals surface area contributed by atoms with Gasteiger partial charge in [-0.2, -0.15) is 5.10 Å². The zero-order valence-corrected chi connectivity index (χ0v) is 7.77. The van der Waals surface area contributed by atoms with Crippen LogP contribution in [0, 0.1) is 0 Å². The summed E-state index contributed by atoms with van der Waals surface area (Å²) in [5.74, 6) is 0. The minimum atomic E-state index is -0.586. The van der Waals surface area contributed by atoms with E-state index in [0.29, 0.717) is 6.54 Å². The van der Waals surface area contributed by atoms with E-state index in [1.165, 1.54) is 15.6 Å². The molecule has 0 spiro atoms. The minimum absolute atomic E-state index is 0.213. The van der Waals surface area contributed by atoms with Crippen molar-refractivity contribution in [1.82, 2.24) is 19.7 Å². The Balaban J connectivity index is 2.64. The van der Waals surface area contributed by atoms with E-state index >= 15 is 0 Å². The maximum absolute atomic E-state index is 11.2. The zero-order valence-electron chi connectivity index (χ0n) is 7.77. The van der Waals surface area contributed by atoms with E-state index in [2.05, 4.69) is 10.4 Å². The molecule has 2 N–H and O–H groups in total. The highest BCUT2D eigenvalue weighted by Gasteiger charge is 2.07. The van der Waals surface area contributed by atoms with Crippen LogP contribution < -0.4 is 11.0 Å². The maximum atomic E-state index is 11.2. The maximum Gasteiger partial charge on any atom is 0.345 e. The van der Waals surface area contributed by atoms with Crippen molar-refractivity contribution >= 4 is 0 Å². The standard InChI is InChI=1S/C7H14N4O2/c1-8-3-6(12)4-11-7(13)10(2)5-9-11/h5-6,8,12H,3-4H2,1-2H3. The van der Waals surface area contributed by atoms with Crippen molar-refractivity contribution in [2.24, 2.45) is 7.05 Å². The summed E-state index contributed by atoms with van der Waals surface area (Å²) < 4.78 is 2.61. The van der Waals surface area contributed by atoms with Gasteiger partial charge in [0.1, 0.15) is 6.33 Å². The molecule has 13 heavy (non-hydrogen) atoms. The van der Waals surface area contributed by atoms with Crippen molar-refractivity contribution in [1.29, 1.82) is 0 Å². The lowest BCUT2D eigenvalue weighted by molar-refractivity contribution is 0.147. The van der Waals surface area contributed by atoms with Gasteiger partial charge in [0.15, 0.2) is 0 Å². The Kier molecular flexibility index (Phi) is 3.21. The van der Waals surface area contributed by atoms with Crippen LogP contribution in [0.2, 0.25) is 0 Å². The molecule has 0 saturated carbocycles. The lowest BCUT2D eigenvalue weighted by Crippen LogP contribution is -2.33. The molecule has 0 aliphatic carbocycles. The Morgan fingerprint density at radius 2 is 2.46 bits per heavy atom. The molecule has 0 saturated heterocycles. The van der Waals surface area contributed by atoms with Gasteiger partial charge in [0.25, 0.3) is 0 Å². The average Bonchev–Trinajstić information content (AvgIpc) is 2.37.